The van der Waals surface area contributed by atoms with Gasteiger partial charge in [0.2, 0.25) is 0 Å². The Kier molecular flexibility index (Phi) is 7.09. The largest absolute Gasteiger partial charge is 0.394 e. The molecule has 0 saturated carbocycles. The number of carbonyl (C=O) groups is 1. The minimum atomic E-state index is -0.737. The van der Waals surface area contributed by atoms with Gasteiger partial charge in [0.05, 0.1) is 12.7 Å². The summed E-state index contributed by atoms with van der Waals surface area (Å²) < 4.78 is 0. The van der Waals surface area contributed by atoms with Crippen LogP contribution >= 0.6 is 0 Å². The van der Waals surface area contributed by atoms with Crippen LogP contribution < -0.4 is 10.6 Å². The molecule has 0 fully saturated rings. The number of nitrogens with zero attached hydrogens (tertiary/aromatic N) is 1. The predicted molar refractivity (Wildman–Crippen MR) is 53.0 cm³/mol. The van der Waals surface area contributed by atoms with E-state index in [2.05, 4.69) is 10.6 Å². The van der Waals surface area contributed by atoms with Crippen LogP contribution in [0.2, 0.25) is 0 Å². The van der Waals surface area contributed by atoms with E-state index in [4.69, 9.17) is 10.2 Å². The van der Waals surface area contributed by atoms with Gasteiger partial charge in [-0.3, -0.25) is 0 Å². The monoisotopic (exact) mass is 205 g/mol. The highest BCUT2D eigenvalue weighted by Gasteiger charge is 2.02. The number of nitrogens with one attached hydrogen (secondary N) is 2. The highest BCUT2D eigenvalue weighted by molar-refractivity contribution is 5.73. The van der Waals surface area contributed by atoms with Crippen molar-refractivity contribution in [3.63, 3.8) is 0 Å². The van der Waals surface area contributed by atoms with E-state index >= 15 is 0 Å². The smallest absolute Gasteiger partial charge is 0.316 e. The Morgan fingerprint density at radius 3 is 2.57 bits per heavy atom. The fourth-order valence-corrected chi connectivity index (χ4v) is 0.749. The minimum absolute atomic E-state index is 0.144. The van der Waals surface area contributed by atoms with E-state index in [-0.39, 0.29) is 12.6 Å². The summed E-state index contributed by atoms with van der Waals surface area (Å²) in [6.07, 6.45) is -0.737. The van der Waals surface area contributed by atoms with E-state index in [0.29, 0.717) is 19.6 Å². The second-order valence-electron chi connectivity index (χ2n) is 3.17. The zero-order valence-electron chi connectivity index (χ0n) is 8.66. The van der Waals surface area contributed by atoms with Gasteiger partial charge >= 0.3 is 6.03 Å². The molecular weight excluding hydrogens is 186 g/mol. The number of rotatable bonds is 6. The van der Waals surface area contributed by atoms with Gasteiger partial charge in [0.1, 0.15) is 0 Å². The molecule has 2 amide bonds. The zero-order valence-corrected chi connectivity index (χ0v) is 8.66. The molecule has 1 atom stereocenters. The first-order valence-corrected chi connectivity index (χ1v) is 4.52. The fraction of sp³-hybridized carbons (Fsp3) is 0.875. The lowest BCUT2D eigenvalue weighted by atomic mass is 10.4. The lowest BCUT2D eigenvalue weighted by molar-refractivity contribution is 0.0947. The highest BCUT2D eigenvalue weighted by Crippen LogP contribution is 1.77. The molecule has 6 heteroatoms. The van der Waals surface area contributed by atoms with E-state index in [1.54, 1.807) is 14.1 Å². The number of hydrogen-bond acceptors (Lipinski definition) is 4. The molecule has 4 N–H and O–H groups in total. The molecule has 1 unspecified atom stereocenters. The van der Waals surface area contributed by atoms with E-state index in [1.807, 2.05) is 0 Å². The normalized spacial score (nSPS) is 12.3. The van der Waals surface area contributed by atoms with Crippen LogP contribution in [0.5, 0.6) is 0 Å². The second-order valence-corrected chi connectivity index (χ2v) is 3.17. The summed E-state index contributed by atoms with van der Waals surface area (Å²) in [6.45, 7) is 1.14. The fourth-order valence-electron chi connectivity index (χ4n) is 0.749. The van der Waals surface area contributed by atoms with Crippen LogP contribution in [0, 0.1) is 0 Å². The van der Waals surface area contributed by atoms with Crippen molar-refractivity contribution in [2.75, 3.05) is 40.3 Å². The highest BCUT2D eigenvalue weighted by atomic mass is 16.3. The van der Waals surface area contributed by atoms with Crippen molar-refractivity contribution in [1.82, 2.24) is 15.5 Å². The maximum Gasteiger partial charge on any atom is 0.316 e. The third kappa shape index (κ3) is 6.64. The van der Waals surface area contributed by atoms with Crippen LogP contribution in [0.15, 0.2) is 0 Å². The van der Waals surface area contributed by atoms with E-state index in [1.165, 1.54) is 4.90 Å². The molecule has 0 aromatic rings. The molecule has 84 valence electrons. The van der Waals surface area contributed by atoms with Crippen molar-refractivity contribution in [2.24, 2.45) is 0 Å². The van der Waals surface area contributed by atoms with Crippen molar-refractivity contribution >= 4 is 6.03 Å². The summed E-state index contributed by atoms with van der Waals surface area (Å²) in [4.78, 5) is 12.4. The average molecular weight is 205 g/mol. The van der Waals surface area contributed by atoms with Crippen molar-refractivity contribution in [3.8, 4) is 0 Å². The Bertz CT molecular complexity index is 164. The molecule has 0 aromatic carbocycles. The van der Waals surface area contributed by atoms with Gasteiger partial charge in [-0.05, 0) is 0 Å². The summed E-state index contributed by atoms with van der Waals surface area (Å²) >= 11 is 0. The van der Waals surface area contributed by atoms with Crippen molar-refractivity contribution in [3.05, 3.63) is 0 Å². The lowest BCUT2D eigenvalue weighted by Gasteiger charge is -2.13. The number of hydrogen-bond donors (Lipinski definition) is 4. The quantitative estimate of drug-likeness (QED) is 0.385. The topological polar surface area (TPSA) is 84.8 Å². The van der Waals surface area contributed by atoms with E-state index in [0.717, 1.165) is 0 Å². The number of carbonyl (C=O) groups excluding carboxylic acids is 1. The minimum Gasteiger partial charge on any atom is -0.394 e. The Balaban J connectivity index is 3.26. The maximum absolute atomic E-state index is 11.0. The second kappa shape index (κ2) is 7.54. The van der Waals surface area contributed by atoms with Gasteiger partial charge in [-0.1, -0.05) is 0 Å². The summed E-state index contributed by atoms with van der Waals surface area (Å²) in [7, 11) is 3.33. The first-order valence-electron chi connectivity index (χ1n) is 4.52. The molecule has 0 bridgehead atoms. The summed E-state index contributed by atoms with van der Waals surface area (Å²) in [5.41, 5.74) is 0. The van der Waals surface area contributed by atoms with Crippen LogP contribution in [0.4, 0.5) is 4.79 Å². The molecule has 0 heterocycles. The number of aliphatic hydroxyl groups is 2. The Hall–Kier alpha value is -0.850. The molecular formula is C8H19N3O3. The summed E-state index contributed by atoms with van der Waals surface area (Å²) in [5.74, 6) is 0. The molecule has 0 radical (unpaired) electrons. The Morgan fingerprint density at radius 2 is 2.07 bits per heavy atom. The van der Waals surface area contributed by atoms with E-state index in [9.17, 15) is 4.79 Å². The first-order chi connectivity index (χ1) is 6.57. The third-order valence-corrected chi connectivity index (χ3v) is 1.57. The van der Waals surface area contributed by atoms with Crippen LogP contribution in [0.25, 0.3) is 0 Å². The van der Waals surface area contributed by atoms with Gasteiger partial charge in [-0.25, -0.2) is 4.79 Å². The lowest BCUT2D eigenvalue weighted by Crippen LogP contribution is -2.40. The Morgan fingerprint density at radius 1 is 1.43 bits per heavy atom. The van der Waals surface area contributed by atoms with Crippen molar-refractivity contribution in [1.29, 1.82) is 0 Å². The average Bonchev–Trinajstić information content (AvgIpc) is 2.16. The zero-order chi connectivity index (χ0) is 11.0. The van der Waals surface area contributed by atoms with Crippen LogP contribution in [0.3, 0.4) is 0 Å². The summed E-state index contributed by atoms with van der Waals surface area (Å²) in [5, 5.41) is 23.0. The standard InChI is InChI=1S/C8H19N3O3/c1-11(2)8(14)10-4-3-9-5-7(13)6-12/h7,9,12-13H,3-6H2,1-2H3,(H,10,14). The molecule has 0 aliphatic rings. The molecule has 0 aliphatic heterocycles. The molecule has 0 rings (SSSR count). The molecule has 0 aromatic heterocycles. The maximum atomic E-state index is 11.0. The van der Waals surface area contributed by atoms with Crippen LogP contribution in [-0.2, 0) is 0 Å². The van der Waals surface area contributed by atoms with Gasteiger partial charge in [0, 0.05) is 33.7 Å². The van der Waals surface area contributed by atoms with Crippen LogP contribution in [-0.4, -0.2) is 67.6 Å². The molecule has 0 spiro atoms. The molecule has 6 nitrogen and oxygen atoms in total. The van der Waals surface area contributed by atoms with Gasteiger partial charge in [-0.2, -0.15) is 0 Å². The van der Waals surface area contributed by atoms with Gasteiger partial charge < -0.3 is 25.7 Å². The van der Waals surface area contributed by atoms with E-state index < -0.39 is 6.10 Å². The SMILES string of the molecule is CN(C)C(=O)NCCNCC(O)CO. The third-order valence-electron chi connectivity index (χ3n) is 1.57. The Labute approximate surface area is 83.9 Å². The van der Waals surface area contributed by atoms with Crippen molar-refractivity contribution < 1.29 is 15.0 Å². The predicted octanol–water partition coefficient (Wildman–Crippen LogP) is -1.80. The summed E-state index contributed by atoms with van der Waals surface area (Å²) in [6, 6.07) is -0.144. The van der Waals surface area contributed by atoms with Gasteiger partial charge in [0.25, 0.3) is 0 Å². The van der Waals surface area contributed by atoms with Crippen molar-refractivity contribution in [2.45, 2.75) is 6.10 Å². The van der Waals surface area contributed by atoms with Crippen LogP contribution in [0.1, 0.15) is 0 Å². The number of aliphatic hydroxyl groups excluding tert-OH is 2. The number of urea groups is 1. The van der Waals surface area contributed by atoms with Gasteiger partial charge in [-0.15, -0.1) is 0 Å². The molecule has 0 aliphatic carbocycles. The van der Waals surface area contributed by atoms with Gasteiger partial charge in [0.15, 0.2) is 0 Å². The molecule has 0 saturated heterocycles. The first kappa shape index (κ1) is 13.2. The number of amides is 2. The molecule has 14 heavy (non-hydrogen) atoms.